The number of amides is 2. The third-order valence-electron chi connectivity index (χ3n) is 2.40. The standard InChI is InChI=1S/C11H12FN3O6/c12-7-2-1-6(15(20)21)5-8(7)14-11(19)13-4-3-9(16)10(17)18/h1-2,5,9,16H,3-4H2,(H,17,18)(H2,13,14,19). The first-order valence-corrected chi connectivity index (χ1v) is 5.71. The minimum absolute atomic E-state index is 0.171. The predicted molar refractivity (Wildman–Crippen MR) is 68.3 cm³/mol. The quantitative estimate of drug-likeness (QED) is 0.450. The summed E-state index contributed by atoms with van der Waals surface area (Å²) in [5.74, 6) is -2.29. The number of carbonyl (C=O) groups is 2. The van der Waals surface area contributed by atoms with Crippen molar-refractivity contribution in [3.63, 3.8) is 0 Å². The molecular formula is C11H12FN3O6. The summed E-state index contributed by atoms with van der Waals surface area (Å²) in [6.45, 7) is -0.171. The largest absolute Gasteiger partial charge is 0.479 e. The molecule has 10 heteroatoms. The summed E-state index contributed by atoms with van der Waals surface area (Å²) < 4.78 is 13.4. The van der Waals surface area contributed by atoms with Crippen LogP contribution >= 0.6 is 0 Å². The van der Waals surface area contributed by atoms with Gasteiger partial charge in [0, 0.05) is 25.1 Å². The highest BCUT2D eigenvalue weighted by molar-refractivity contribution is 5.89. The van der Waals surface area contributed by atoms with Crippen molar-refractivity contribution in [3.8, 4) is 0 Å². The fourth-order valence-corrected chi connectivity index (χ4v) is 1.34. The number of benzene rings is 1. The van der Waals surface area contributed by atoms with Gasteiger partial charge in [0.2, 0.25) is 0 Å². The number of halogens is 1. The van der Waals surface area contributed by atoms with Gasteiger partial charge in [-0.15, -0.1) is 0 Å². The molecule has 0 radical (unpaired) electrons. The molecule has 0 heterocycles. The van der Waals surface area contributed by atoms with E-state index in [9.17, 15) is 24.1 Å². The molecule has 21 heavy (non-hydrogen) atoms. The minimum atomic E-state index is -1.63. The lowest BCUT2D eigenvalue weighted by atomic mass is 10.2. The Bertz CT molecular complexity index is 565. The zero-order chi connectivity index (χ0) is 16.0. The van der Waals surface area contributed by atoms with E-state index in [2.05, 4.69) is 5.32 Å². The molecule has 1 aromatic carbocycles. The summed E-state index contributed by atoms with van der Waals surface area (Å²) in [7, 11) is 0. The molecule has 1 aromatic rings. The van der Waals surface area contributed by atoms with Gasteiger partial charge in [0.25, 0.3) is 5.69 Å². The molecule has 0 bridgehead atoms. The van der Waals surface area contributed by atoms with Crippen LogP contribution in [0, 0.1) is 15.9 Å². The summed E-state index contributed by atoms with van der Waals surface area (Å²) in [5, 5.41) is 32.1. The number of rotatable bonds is 6. The minimum Gasteiger partial charge on any atom is -0.479 e. The Hall–Kier alpha value is -2.75. The highest BCUT2D eigenvalue weighted by Gasteiger charge is 2.15. The first-order chi connectivity index (χ1) is 9.81. The van der Waals surface area contributed by atoms with E-state index in [0.717, 1.165) is 18.2 Å². The SMILES string of the molecule is O=C(NCCC(O)C(=O)O)Nc1cc([N+](=O)[O-])ccc1F. The van der Waals surface area contributed by atoms with Gasteiger partial charge < -0.3 is 20.8 Å². The lowest BCUT2D eigenvalue weighted by Crippen LogP contribution is -2.33. The van der Waals surface area contributed by atoms with Gasteiger partial charge in [-0.2, -0.15) is 0 Å². The van der Waals surface area contributed by atoms with E-state index < -0.39 is 34.5 Å². The van der Waals surface area contributed by atoms with E-state index >= 15 is 0 Å². The summed E-state index contributed by atoms with van der Waals surface area (Å²) >= 11 is 0. The summed E-state index contributed by atoms with van der Waals surface area (Å²) in [5.41, 5.74) is -0.784. The fourth-order valence-electron chi connectivity index (χ4n) is 1.34. The number of nitro benzene ring substituents is 1. The lowest BCUT2D eigenvalue weighted by molar-refractivity contribution is -0.384. The number of aliphatic carboxylic acids is 1. The van der Waals surface area contributed by atoms with Gasteiger partial charge in [-0.1, -0.05) is 0 Å². The number of carbonyl (C=O) groups excluding carboxylic acids is 1. The number of anilines is 1. The zero-order valence-corrected chi connectivity index (χ0v) is 10.6. The van der Waals surface area contributed by atoms with E-state index in [1.165, 1.54) is 0 Å². The van der Waals surface area contributed by atoms with E-state index in [-0.39, 0.29) is 18.7 Å². The molecule has 1 atom stereocenters. The molecule has 1 rings (SSSR count). The molecule has 0 spiro atoms. The number of nitrogens with zero attached hydrogens (tertiary/aromatic N) is 1. The molecule has 0 aliphatic heterocycles. The number of carboxylic acid groups (broad SMARTS) is 1. The third-order valence-corrected chi connectivity index (χ3v) is 2.40. The van der Waals surface area contributed by atoms with Crippen LogP contribution in [0.15, 0.2) is 18.2 Å². The number of carboxylic acids is 1. The average Bonchev–Trinajstić information content (AvgIpc) is 2.40. The summed E-state index contributed by atoms with van der Waals surface area (Å²) in [6.07, 6.45) is -1.86. The molecule has 0 aromatic heterocycles. The van der Waals surface area contributed by atoms with Crippen molar-refractivity contribution in [2.24, 2.45) is 0 Å². The third kappa shape index (κ3) is 5.03. The number of aliphatic hydroxyl groups is 1. The Balaban J connectivity index is 2.57. The van der Waals surface area contributed by atoms with Crippen LogP contribution in [0.4, 0.5) is 20.6 Å². The average molecular weight is 301 g/mol. The Morgan fingerprint density at radius 3 is 2.67 bits per heavy atom. The second-order valence-electron chi connectivity index (χ2n) is 3.94. The molecule has 2 amide bonds. The smallest absolute Gasteiger partial charge is 0.332 e. The van der Waals surface area contributed by atoms with Crippen molar-refractivity contribution in [1.82, 2.24) is 5.32 Å². The van der Waals surface area contributed by atoms with E-state index in [1.54, 1.807) is 0 Å². The van der Waals surface area contributed by atoms with Crippen molar-refractivity contribution >= 4 is 23.4 Å². The van der Waals surface area contributed by atoms with Crippen LogP contribution in [0.1, 0.15) is 6.42 Å². The van der Waals surface area contributed by atoms with Gasteiger partial charge in [-0.3, -0.25) is 10.1 Å². The molecule has 0 aliphatic carbocycles. The van der Waals surface area contributed by atoms with Crippen molar-refractivity contribution in [2.75, 3.05) is 11.9 Å². The van der Waals surface area contributed by atoms with Gasteiger partial charge >= 0.3 is 12.0 Å². The summed E-state index contributed by atoms with van der Waals surface area (Å²) in [4.78, 5) is 31.5. The lowest BCUT2D eigenvalue weighted by Gasteiger charge is -2.09. The number of hydrogen-bond acceptors (Lipinski definition) is 5. The number of nitrogens with one attached hydrogen (secondary N) is 2. The van der Waals surface area contributed by atoms with Crippen molar-refractivity contribution in [3.05, 3.63) is 34.1 Å². The zero-order valence-electron chi connectivity index (χ0n) is 10.6. The Kier molecular flexibility index (Phi) is 5.55. The van der Waals surface area contributed by atoms with Crippen molar-refractivity contribution in [2.45, 2.75) is 12.5 Å². The highest BCUT2D eigenvalue weighted by atomic mass is 19.1. The molecule has 0 saturated heterocycles. The number of non-ortho nitro benzene ring substituents is 1. The summed E-state index contributed by atoms with van der Waals surface area (Å²) in [6, 6.07) is 1.75. The Morgan fingerprint density at radius 2 is 2.10 bits per heavy atom. The van der Waals surface area contributed by atoms with Gasteiger partial charge in [-0.05, 0) is 6.07 Å². The van der Waals surface area contributed by atoms with E-state index in [4.69, 9.17) is 10.2 Å². The molecular weight excluding hydrogens is 289 g/mol. The molecule has 0 saturated carbocycles. The Labute approximate surface area is 117 Å². The normalized spacial score (nSPS) is 11.5. The van der Waals surface area contributed by atoms with Gasteiger partial charge in [0.05, 0.1) is 10.6 Å². The molecule has 0 aliphatic rings. The van der Waals surface area contributed by atoms with Crippen LogP contribution in [0.3, 0.4) is 0 Å². The molecule has 114 valence electrons. The Morgan fingerprint density at radius 1 is 1.43 bits per heavy atom. The first kappa shape index (κ1) is 16.3. The van der Waals surface area contributed by atoms with Crippen LogP contribution in [0.25, 0.3) is 0 Å². The van der Waals surface area contributed by atoms with Crippen LogP contribution in [0.2, 0.25) is 0 Å². The van der Waals surface area contributed by atoms with Gasteiger partial charge in [0.15, 0.2) is 6.10 Å². The van der Waals surface area contributed by atoms with E-state index in [0.29, 0.717) is 0 Å². The van der Waals surface area contributed by atoms with E-state index in [1.807, 2.05) is 5.32 Å². The number of aliphatic hydroxyl groups excluding tert-OH is 1. The molecule has 0 fully saturated rings. The van der Waals surface area contributed by atoms with Crippen LogP contribution < -0.4 is 10.6 Å². The second kappa shape index (κ2) is 7.14. The fraction of sp³-hybridized carbons (Fsp3) is 0.273. The molecule has 4 N–H and O–H groups in total. The molecule has 9 nitrogen and oxygen atoms in total. The number of urea groups is 1. The monoisotopic (exact) mass is 301 g/mol. The molecule has 1 unspecified atom stereocenters. The predicted octanol–water partition coefficient (Wildman–Crippen LogP) is 0.691. The van der Waals surface area contributed by atoms with Crippen molar-refractivity contribution < 1.29 is 29.1 Å². The maximum atomic E-state index is 13.4. The van der Waals surface area contributed by atoms with Gasteiger partial charge in [-0.25, -0.2) is 14.0 Å². The highest BCUT2D eigenvalue weighted by Crippen LogP contribution is 2.20. The number of hydrogen-bond donors (Lipinski definition) is 4. The first-order valence-electron chi connectivity index (χ1n) is 5.71. The maximum absolute atomic E-state index is 13.4. The topological polar surface area (TPSA) is 142 Å². The second-order valence-corrected chi connectivity index (χ2v) is 3.94. The van der Waals surface area contributed by atoms with Gasteiger partial charge in [0.1, 0.15) is 5.82 Å². The maximum Gasteiger partial charge on any atom is 0.332 e. The number of nitro groups is 1. The van der Waals surface area contributed by atoms with Crippen LogP contribution in [0.5, 0.6) is 0 Å². The van der Waals surface area contributed by atoms with Crippen molar-refractivity contribution in [1.29, 1.82) is 0 Å². The van der Waals surface area contributed by atoms with Crippen LogP contribution in [-0.4, -0.2) is 39.8 Å². The van der Waals surface area contributed by atoms with Crippen LogP contribution in [-0.2, 0) is 4.79 Å².